The molecule has 0 saturated carbocycles. The molecule has 1 aromatic carbocycles. The first-order chi connectivity index (χ1) is 12.3. The van der Waals surface area contributed by atoms with Crippen LogP contribution in [-0.4, -0.2) is 36.1 Å². The number of amides is 2. The smallest absolute Gasteiger partial charge is 0.328 e. The number of esters is 1. The third-order valence-electron chi connectivity index (χ3n) is 4.27. The second kappa shape index (κ2) is 10.6. The summed E-state index contributed by atoms with van der Waals surface area (Å²) in [5.74, 6) is -2.86. The lowest BCUT2D eigenvalue weighted by Crippen LogP contribution is -2.48. The van der Waals surface area contributed by atoms with Gasteiger partial charge in [0.25, 0.3) is 0 Å². The molecule has 2 amide bonds. The molecular weight excluding hydrogens is 336 g/mol. The van der Waals surface area contributed by atoms with Gasteiger partial charge in [0, 0.05) is 18.3 Å². The Bertz CT molecular complexity index is 603. The molecule has 3 atom stereocenters. The van der Waals surface area contributed by atoms with Crippen molar-refractivity contribution in [2.24, 2.45) is 17.8 Å². The monoisotopic (exact) mass is 364 g/mol. The third kappa shape index (κ3) is 6.48. The van der Waals surface area contributed by atoms with Crippen molar-refractivity contribution in [2.75, 3.05) is 7.11 Å². The van der Waals surface area contributed by atoms with E-state index in [9.17, 15) is 14.4 Å². The summed E-state index contributed by atoms with van der Waals surface area (Å²) in [5, 5.41) is 11.6. The zero-order chi connectivity index (χ0) is 19.7. The molecule has 0 spiro atoms. The minimum Gasteiger partial charge on any atom is -0.467 e. The zero-order valence-electron chi connectivity index (χ0n) is 15.7. The molecule has 0 saturated heterocycles. The Morgan fingerprint density at radius 2 is 1.69 bits per heavy atom. The Hall–Kier alpha value is -2.41. The molecule has 7 nitrogen and oxygen atoms in total. The summed E-state index contributed by atoms with van der Waals surface area (Å²) in [6, 6.07) is 8.42. The Morgan fingerprint density at radius 3 is 2.19 bits per heavy atom. The van der Waals surface area contributed by atoms with Crippen molar-refractivity contribution in [1.29, 1.82) is 0 Å². The van der Waals surface area contributed by atoms with Crippen LogP contribution in [0.3, 0.4) is 0 Å². The second-order valence-corrected chi connectivity index (χ2v) is 6.77. The summed E-state index contributed by atoms with van der Waals surface area (Å²) in [5.41, 5.74) is 2.47. The van der Waals surface area contributed by atoms with Gasteiger partial charge in [0.05, 0.1) is 7.11 Å². The Morgan fingerprint density at radius 1 is 1.08 bits per heavy atom. The Labute approximate surface area is 154 Å². The minimum atomic E-state index is -0.853. The van der Waals surface area contributed by atoms with Gasteiger partial charge in [-0.3, -0.25) is 14.8 Å². The molecule has 0 aromatic heterocycles. The van der Waals surface area contributed by atoms with Gasteiger partial charge in [-0.1, -0.05) is 51.1 Å². The van der Waals surface area contributed by atoms with Crippen LogP contribution in [-0.2, 0) is 25.5 Å². The summed E-state index contributed by atoms with van der Waals surface area (Å²) < 4.78 is 4.80. The number of ether oxygens (including phenoxy) is 1. The van der Waals surface area contributed by atoms with E-state index in [4.69, 9.17) is 9.94 Å². The van der Waals surface area contributed by atoms with Crippen LogP contribution < -0.4 is 10.8 Å². The summed E-state index contributed by atoms with van der Waals surface area (Å²) in [4.78, 5) is 36.7. The molecule has 26 heavy (non-hydrogen) atoms. The number of carbonyl (C=O) groups is 3. The Kier molecular flexibility index (Phi) is 8.78. The van der Waals surface area contributed by atoms with Gasteiger partial charge in [0.2, 0.25) is 11.8 Å². The van der Waals surface area contributed by atoms with Crippen molar-refractivity contribution in [2.45, 2.75) is 39.7 Å². The molecule has 0 heterocycles. The van der Waals surface area contributed by atoms with E-state index in [0.29, 0.717) is 6.42 Å². The van der Waals surface area contributed by atoms with E-state index in [2.05, 4.69) is 5.32 Å². The topological polar surface area (TPSA) is 105 Å². The lowest BCUT2D eigenvalue weighted by atomic mass is 9.85. The van der Waals surface area contributed by atoms with Gasteiger partial charge in [-0.25, -0.2) is 10.3 Å². The Balaban J connectivity index is 2.95. The van der Waals surface area contributed by atoms with Gasteiger partial charge in [0.15, 0.2) is 0 Å². The minimum absolute atomic E-state index is 0.158. The maximum absolute atomic E-state index is 12.8. The van der Waals surface area contributed by atoms with Crippen LogP contribution in [0.4, 0.5) is 0 Å². The van der Waals surface area contributed by atoms with Crippen LogP contribution in [0, 0.1) is 17.8 Å². The molecule has 3 N–H and O–H groups in total. The number of hydrogen-bond acceptors (Lipinski definition) is 5. The van der Waals surface area contributed by atoms with Crippen LogP contribution in [0.1, 0.15) is 32.8 Å². The number of hydrogen-bond donors (Lipinski definition) is 3. The number of carbonyl (C=O) groups excluding carboxylic acids is 3. The van der Waals surface area contributed by atoms with E-state index < -0.39 is 35.7 Å². The third-order valence-corrected chi connectivity index (χ3v) is 4.27. The fourth-order valence-corrected chi connectivity index (χ4v) is 2.79. The van der Waals surface area contributed by atoms with Gasteiger partial charge in [-0.2, -0.15) is 0 Å². The fraction of sp³-hybridized carbons (Fsp3) is 0.526. The first kappa shape index (κ1) is 21.6. The molecule has 0 aliphatic carbocycles. The van der Waals surface area contributed by atoms with Gasteiger partial charge >= 0.3 is 5.97 Å². The highest BCUT2D eigenvalue weighted by atomic mass is 16.5. The zero-order valence-corrected chi connectivity index (χ0v) is 15.7. The molecule has 3 unspecified atom stereocenters. The fourth-order valence-electron chi connectivity index (χ4n) is 2.79. The first-order valence-electron chi connectivity index (χ1n) is 8.66. The molecule has 1 aromatic rings. The van der Waals surface area contributed by atoms with Crippen LogP contribution in [0.25, 0.3) is 0 Å². The highest BCUT2D eigenvalue weighted by molar-refractivity contribution is 5.90. The van der Waals surface area contributed by atoms with Crippen LogP contribution in [0.5, 0.6) is 0 Å². The largest absolute Gasteiger partial charge is 0.467 e. The maximum Gasteiger partial charge on any atom is 0.328 e. The SMILES string of the molecule is COC(=O)C(Cc1ccccc1)NC(=O)C(CC(C)C)C(C)C(=O)NO. The highest BCUT2D eigenvalue weighted by Gasteiger charge is 2.33. The number of rotatable bonds is 9. The first-order valence-corrected chi connectivity index (χ1v) is 8.66. The standard InChI is InChI=1S/C19H28N2O5/c1-12(2)10-15(13(3)17(22)21-25)18(23)20-16(19(24)26-4)11-14-8-6-5-7-9-14/h5-9,12-13,15-16,25H,10-11H2,1-4H3,(H,20,23)(H,21,22). The number of methoxy groups -OCH3 is 1. The second-order valence-electron chi connectivity index (χ2n) is 6.77. The average Bonchev–Trinajstić information content (AvgIpc) is 2.64. The molecule has 0 radical (unpaired) electrons. The van der Waals surface area contributed by atoms with E-state index in [1.165, 1.54) is 7.11 Å². The van der Waals surface area contributed by atoms with Crippen LogP contribution >= 0.6 is 0 Å². The summed E-state index contributed by atoms with van der Waals surface area (Å²) in [6.07, 6.45) is 0.730. The van der Waals surface area contributed by atoms with Crippen LogP contribution in [0.15, 0.2) is 30.3 Å². The van der Waals surface area contributed by atoms with Crippen molar-refractivity contribution >= 4 is 17.8 Å². The molecule has 0 aliphatic heterocycles. The van der Waals surface area contributed by atoms with Gasteiger partial charge in [0.1, 0.15) is 6.04 Å². The van der Waals surface area contributed by atoms with E-state index in [1.807, 2.05) is 44.2 Å². The van der Waals surface area contributed by atoms with Crippen molar-refractivity contribution in [3.05, 3.63) is 35.9 Å². The predicted octanol–water partition coefficient (Wildman–Crippen LogP) is 1.69. The number of hydroxylamine groups is 1. The molecule has 0 aliphatic rings. The van der Waals surface area contributed by atoms with Crippen LogP contribution in [0.2, 0.25) is 0 Å². The molecule has 7 heteroatoms. The molecular formula is C19H28N2O5. The average molecular weight is 364 g/mol. The van der Waals surface area contributed by atoms with E-state index >= 15 is 0 Å². The molecule has 0 bridgehead atoms. The van der Waals surface area contributed by atoms with Crippen molar-refractivity contribution in [3.8, 4) is 0 Å². The quantitative estimate of drug-likeness (QED) is 0.351. The summed E-state index contributed by atoms with van der Waals surface area (Å²) >= 11 is 0. The number of benzene rings is 1. The normalized spacial score (nSPS) is 14.2. The lowest BCUT2D eigenvalue weighted by molar-refractivity contribution is -0.146. The molecule has 0 fully saturated rings. The van der Waals surface area contributed by atoms with E-state index in [0.717, 1.165) is 5.56 Å². The highest BCUT2D eigenvalue weighted by Crippen LogP contribution is 2.22. The predicted molar refractivity (Wildman–Crippen MR) is 96.1 cm³/mol. The van der Waals surface area contributed by atoms with Gasteiger partial charge in [-0.15, -0.1) is 0 Å². The molecule has 1 rings (SSSR count). The summed E-state index contributed by atoms with van der Waals surface area (Å²) in [6.45, 7) is 5.44. The lowest BCUT2D eigenvalue weighted by Gasteiger charge is -2.26. The van der Waals surface area contributed by atoms with Crippen molar-refractivity contribution in [1.82, 2.24) is 10.8 Å². The van der Waals surface area contributed by atoms with E-state index in [1.54, 1.807) is 12.4 Å². The summed E-state index contributed by atoms with van der Waals surface area (Å²) in [7, 11) is 1.26. The van der Waals surface area contributed by atoms with Gasteiger partial charge in [-0.05, 0) is 17.9 Å². The number of nitrogens with one attached hydrogen (secondary N) is 2. The van der Waals surface area contributed by atoms with E-state index in [-0.39, 0.29) is 12.3 Å². The van der Waals surface area contributed by atoms with Gasteiger partial charge < -0.3 is 10.1 Å². The molecule has 144 valence electrons. The van der Waals surface area contributed by atoms with Crippen molar-refractivity contribution < 1.29 is 24.3 Å². The maximum atomic E-state index is 12.8. The van der Waals surface area contributed by atoms with Crippen molar-refractivity contribution in [3.63, 3.8) is 0 Å².